The molecule has 114 valence electrons. The van der Waals surface area contributed by atoms with Crippen LogP contribution in [-0.4, -0.2) is 4.92 Å². The molecule has 0 aliphatic carbocycles. The minimum absolute atomic E-state index is 0.173. The molecule has 3 nitrogen and oxygen atoms in total. The van der Waals surface area contributed by atoms with Crippen molar-refractivity contribution in [2.45, 2.75) is 34.6 Å². The van der Waals surface area contributed by atoms with E-state index < -0.39 is 0 Å². The van der Waals surface area contributed by atoms with E-state index in [0.29, 0.717) is 5.57 Å². The van der Waals surface area contributed by atoms with Gasteiger partial charge in [-0.3, -0.25) is 10.1 Å². The van der Waals surface area contributed by atoms with Crippen molar-refractivity contribution in [1.82, 2.24) is 0 Å². The first-order valence-electron chi connectivity index (χ1n) is 7.31. The zero-order valence-corrected chi connectivity index (χ0v) is 13.7. The Labute approximate surface area is 131 Å². The lowest BCUT2D eigenvalue weighted by molar-refractivity contribution is -0.423. The van der Waals surface area contributed by atoms with Crippen molar-refractivity contribution in [3.63, 3.8) is 0 Å². The largest absolute Gasteiger partial charge is 0.259 e. The molecule has 0 radical (unpaired) electrons. The Morgan fingerprint density at radius 2 is 1.23 bits per heavy atom. The lowest BCUT2D eigenvalue weighted by Crippen LogP contribution is -2.02. The van der Waals surface area contributed by atoms with Crippen LogP contribution in [0.1, 0.15) is 40.3 Å². The van der Waals surface area contributed by atoms with Gasteiger partial charge < -0.3 is 0 Å². The van der Waals surface area contributed by atoms with Crippen LogP contribution >= 0.6 is 0 Å². The first-order chi connectivity index (χ1) is 10.3. The van der Waals surface area contributed by atoms with Gasteiger partial charge in [0.25, 0.3) is 5.70 Å². The highest BCUT2D eigenvalue weighted by atomic mass is 16.6. The third-order valence-electron chi connectivity index (χ3n) is 4.23. The summed E-state index contributed by atoms with van der Waals surface area (Å²) in [4.78, 5) is 11.0. The Hall–Kier alpha value is -2.42. The first-order valence-corrected chi connectivity index (χ1v) is 7.31. The van der Waals surface area contributed by atoms with Crippen LogP contribution in [0, 0.1) is 37.8 Å². The van der Waals surface area contributed by atoms with Gasteiger partial charge in [-0.1, -0.05) is 36.4 Å². The predicted molar refractivity (Wildman–Crippen MR) is 90.5 cm³/mol. The van der Waals surface area contributed by atoms with Crippen molar-refractivity contribution in [2.24, 2.45) is 0 Å². The van der Waals surface area contributed by atoms with Crippen LogP contribution in [0.3, 0.4) is 0 Å². The highest BCUT2D eigenvalue weighted by Gasteiger charge is 2.18. The average Bonchev–Trinajstić information content (AvgIpc) is 2.46. The van der Waals surface area contributed by atoms with Crippen LogP contribution in [0.2, 0.25) is 0 Å². The van der Waals surface area contributed by atoms with Crippen LogP contribution in [-0.2, 0) is 0 Å². The second-order valence-corrected chi connectivity index (χ2v) is 5.82. The molecule has 0 saturated heterocycles. The van der Waals surface area contributed by atoms with Gasteiger partial charge in [-0.15, -0.1) is 0 Å². The van der Waals surface area contributed by atoms with Crippen LogP contribution < -0.4 is 0 Å². The molecule has 0 aromatic heterocycles. The second kappa shape index (κ2) is 6.14. The SMILES string of the molecule is CC(=C(c1ccc(C)c(C)c1)c1ccc(C)c(C)c1)[N+](=O)[O-]. The Balaban J connectivity index is 2.72. The average molecular weight is 295 g/mol. The maximum absolute atomic E-state index is 11.3. The van der Waals surface area contributed by atoms with Crippen molar-refractivity contribution in [2.75, 3.05) is 0 Å². The zero-order chi connectivity index (χ0) is 16.4. The molecule has 0 unspecified atom stereocenters. The topological polar surface area (TPSA) is 43.1 Å². The van der Waals surface area contributed by atoms with E-state index in [-0.39, 0.29) is 10.6 Å². The van der Waals surface area contributed by atoms with Gasteiger partial charge in [0.15, 0.2) is 0 Å². The molecular weight excluding hydrogens is 274 g/mol. The van der Waals surface area contributed by atoms with Crippen molar-refractivity contribution in [3.05, 3.63) is 85.6 Å². The highest BCUT2D eigenvalue weighted by Crippen LogP contribution is 2.29. The molecule has 0 aliphatic heterocycles. The lowest BCUT2D eigenvalue weighted by Gasteiger charge is -2.12. The van der Waals surface area contributed by atoms with E-state index in [9.17, 15) is 10.1 Å². The highest BCUT2D eigenvalue weighted by molar-refractivity contribution is 5.81. The van der Waals surface area contributed by atoms with E-state index in [2.05, 4.69) is 0 Å². The van der Waals surface area contributed by atoms with Crippen LogP contribution in [0.25, 0.3) is 5.57 Å². The summed E-state index contributed by atoms with van der Waals surface area (Å²) in [6.45, 7) is 9.70. The molecular formula is C19H21NO2. The van der Waals surface area contributed by atoms with E-state index in [1.807, 2.05) is 64.1 Å². The summed E-state index contributed by atoms with van der Waals surface area (Å²) in [5.41, 5.74) is 7.28. The molecule has 2 aromatic carbocycles. The maximum atomic E-state index is 11.3. The number of nitro groups is 1. The molecule has 0 N–H and O–H groups in total. The molecule has 0 bridgehead atoms. The summed E-state index contributed by atoms with van der Waals surface area (Å²) < 4.78 is 0. The van der Waals surface area contributed by atoms with Gasteiger partial charge in [-0.25, -0.2) is 0 Å². The number of hydrogen-bond donors (Lipinski definition) is 0. The number of hydrogen-bond acceptors (Lipinski definition) is 2. The van der Waals surface area contributed by atoms with Gasteiger partial charge in [0.05, 0.1) is 10.5 Å². The third kappa shape index (κ3) is 3.08. The molecule has 0 atom stereocenters. The molecule has 0 fully saturated rings. The first kappa shape index (κ1) is 16.0. The molecule has 2 rings (SSSR count). The summed E-state index contributed by atoms with van der Waals surface area (Å²) in [6.07, 6.45) is 0. The molecule has 22 heavy (non-hydrogen) atoms. The maximum Gasteiger partial charge on any atom is 0.251 e. The van der Waals surface area contributed by atoms with Crippen LogP contribution in [0.5, 0.6) is 0 Å². The van der Waals surface area contributed by atoms with E-state index in [1.165, 1.54) is 11.1 Å². The zero-order valence-electron chi connectivity index (χ0n) is 13.7. The third-order valence-corrected chi connectivity index (χ3v) is 4.23. The number of nitrogens with zero attached hydrogens (tertiary/aromatic N) is 1. The smallest absolute Gasteiger partial charge is 0.251 e. The number of benzene rings is 2. The quantitative estimate of drug-likeness (QED) is 0.592. The summed E-state index contributed by atoms with van der Waals surface area (Å²) in [5, 5.41) is 11.3. The van der Waals surface area contributed by atoms with Gasteiger partial charge in [-0.2, -0.15) is 0 Å². The fourth-order valence-electron chi connectivity index (χ4n) is 2.47. The van der Waals surface area contributed by atoms with Crippen molar-refractivity contribution in [1.29, 1.82) is 0 Å². The lowest BCUT2D eigenvalue weighted by atomic mass is 9.92. The van der Waals surface area contributed by atoms with Crippen molar-refractivity contribution in [3.8, 4) is 0 Å². The Bertz CT molecular complexity index is 719. The van der Waals surface area contributed by atoms with Crippen LogP contribution in [0.15, 0.2) is 42.1 Å². The predicted octanol–water partition coefficient (Wildman–Crippen LogP) is 4.98. The molecule has 0 amide bonds. The molecule has 0 spiro atoms. The van der Waals surface area contributed by atoms with E-state index >= 15 is 0 Å². The molecule has 0 heterocycles. The summed E-state index contributed by atoms with van der Waals surface area (Å²) in [5.74, 6) is 0. The van der Waals surface area contributed by atoms with Gasteiger partial charge in [0.1, 0.15) is 0 Å². The molecule has 3 heteroatoms. The monoisotopic (exact) mass is 295 g/mol. The summed E-state index contributed by atoms with van der Waals surface area (Å²) in [7, 11) is 0. The van der Waals surface area contributed by atoms with E-state index in [0.717, 1.165) is 22.3 Å². The van der Waals surface area contributed by atoms with Gasteiger partial charge in [0.2, 0.25) is 0 Å². The Morgan fingerprint density at radius 1 is 0.818 bits per heavy atom. The van der Waals surface area contributed by atoms with E-state index in [4.69, 9.17) is 0 Å². The van der Waals surface area contributed by atoms with E-state index in [1.54, 1.807) is 6.92 Å². The summed E-state index contributed by atoms with van der Waals surface area (Å²) in [6, 6.07) is 12.0. The van der Waals surface area contributed by atoms with Crippen molar-refractivity contribution < 1.29 is 4.92 Å². The van der Waals surface area contributed by atoms with Crippen LogP contribution in [0.4, 0.5) is 0 Å². The van der Waals surface area contributed by atoms with Gasteiger partial charge in [-0.05, 0) is 61.1 Å². The standard InChI is InChI=1S/C19H21NO2/c1-12-6-8-17(10-14(12)3)19(16(5)20(21)22)18-9-7-13(2)15(4)11-18/h6-11H,1-5H3. The number of allylic oxidation sites excluding steroid dienone is 1. The second-order valence-electron chi connectivity index (χ2n) is 5.82. The number of aryl methyl sites for hydroxylation is 4. The minimum atomic E-state index is -0.306. The minimum Gasteiger partial charge on any atom is -0.259 e. The number of rotatable bonds is 3. The summed E-state index contributed by atoms with van der Waals surface area (Å²) >= 11 is 0. The Kier molecular flexibility index (Phi) is 4.45. The normalized spacial score (nSPS) is 10.4. The van der Waals surface area contributed by atoms with Crippen molar-refractivity contribution >= 4 is 5.57 Å². The van der Waals surface area contributed by atoms with Gasteiger partial charge >= 0.3 is 0 Å². The molecule has 0 saturated carbocycles. The Morgan fingerprint density at radius 3 is 1.55 bits per heavy atom. The molecule has 2 aromatic rings. The fourth-order valence-corrected chi connectivity index (χ4v) is 2.47. The fraction of sp³-hybridized carbons (Fsp3) is 0.263. The van der Waals surface area contributed by atoms with Gasteiger partial charge in [0, 0.05) is 6.92 Å². The molecule has 0 aliphatic rings.